The van der Waals surface area contributed by atoms with Crippen molar-refractivity contribution in [3.63, 3.8) is 0 Å². The van der Waals surface area contributed by atoms with Gasteiger partial charge in [0.1, 0.15) is 12.6 Å². The van der Waals surface area contributed by atoms with Crippen LogP contribution in [0.3, 0.4) is 0 Å². The highest BCUT2D eigenvalue weighted by molar-refractivity contribution is 5.70. The Hall–Kier alpha value is -4.53. The SMILES string of the molecule is CC/C=C/C/C=C/C/C=C/C/C=C/C/C=C/C/C=C/CCCCCCC(=O)OC(COCCC(C(=O)[O-])[N+](C)(C)C)COC(=O)CCCCCC/C=C/C/C=C/C/C=C/C/C=C/C/C=C/CC. The maximum Gasteiger partial charge on any atom is 0.306 e. The van der Waals surface area contributed by atoms with Crippen LogP contribution in [0.2, 0.25) is 0 Å². The number of rotatable bonds is 44. The van der Waals surface area contributed by atoms with Gasteiger partial charge in [-0.25, -0.2) is 0 Å². The van der Waals surface area contributed by atoms with Crippen molar-refractivity contribution in [3.05, 3.63) is 134 Å². The van der Waals surface area contributed by atoms with Gasteiger partial charge < -0.3 is 28.6 Å². The third-order valence-electron chi connectivity index (χ3n) is 10.5. The number of likely N-dealkylation sites (N-methyl/N-ethyl adjacent to an activating group) is 1. The van der Waals surface area contributed by atoms with Gasteiger partial charge in [-0.2, -0.15) is 0 Å². The zero-order valence-corrected chi connectivity index (χ0v) is 42.8. The molecule has 2 unspecified atom stereocenters. The van der Waals surface area contributed by atoms with Crippen LogP contribution in [0.15, 0.2) is 134 Å². The fourth-order valence-electron chi connectivity index (χ4n) is 6.63. The molecule has 0 aliphatic rings. The van der Waals surface area contributed by atoms with Crippen molar-refractivity contribution in [2.75, 3.05) is 41.0 Å². The summed E-state index contributed by atoms with van der Waals surface area (Å²) in [5, 5.41) is 11.7. The highest BCUT2D eigenvalue weighted by Crippen LogP contribution is 2.12. The van der Waals surface area contributed by atoms with Gasteiger partial charge in [0.25, 0.3) is 0 Å². The maximum absolute atomic E-state index is 12.8. The predicted molar refractivity (Wildman–Crippen MR) is 281 cm³/mol. The minimum Gasteiger partial charge on any atom is -0.544 e. The Morgan fingerprint density at radius 3 is 1.15 bits per heavy atom. The Labute approximate surface area is 409 Å². The van der Waals surface area contributed by atoms with Crippen LogP contribution in [0, 0.1) is 0 Å². The van der Waals surface area contributed by atoms with E-state index in [0.717, 1.165) is 128 Å². The van der Waals surface area contributed by atoms with Crippen molar-refractivity contribution < 1.29 is 38.2 Å². The van der Waals surface area contributed by atoms with Gasteiger partial charge in [-0.3, -0.25) is 9.59 Å². The summed E-state index contributed by atoms with van der Waals surface area (Å²) < 4.78 is 17.2. The van der Waals surface area contributed by atoms with E-state index in [-0.39, 0.29) is 49.1 Å². The molecule has 0 bridgehead atoms. The van der Waals surface area contributed by atoms with E-state index in [0.29, 0.717) is 12.8 Å². The van der Waals surface area contributed by atoms with E-state index >= 15 is 0 Å². The molecule has 0 fully saturated rings. The standard InChI is InChI=1S/C59H93NO7/c1-6-8-10-12-14-16-18-20-22-24-26-28-29-30-32-34-36-38-40-42-44-46-48-50-58(62)67-55(53-65-52-51-56(59(63)64)60(3,4)5)54-66-57(61)49-47-45-43-41-39-37-35-33-31-27-25-23-21-19-17-15-13-11-9-7-2/h8-11,14-17,20-23,26-28,30-32,35-38,55-56H,6-7,12-13,18-19,24-25,29,33-34,39-54H2,1-5H3/b10-8+,11-9+,16-14+,17-15+,22-20+,23-21+,28-26+,31-27+,32-30+,37-35+,38-36+. The number of allylic oxidation sites excluding steroid dienone is 22. The van der Waals surface area contributed by atoms with Crippen molar-refractivity contribution in [1.82, 2.24) is 0 Å². The molecule has 0 aliphatic heterocycles. The third-order valence-corrected chi connectivity index (χ3v) is 10.5. The normalized spacial score (nSPS) is 14.0. The van der Waals surface area contributed by atoms with Gasteiger partial charge in [-0.05, 0) is 109 Å². The number of hydrogen-bond acceptors (Lipinski definition) is 7. The van der Waals surface area contributed by atoms with E-state index in [1.54, 1.807) is 21.1 Å². The second-order valence-corrected chi connectivity index (χ2v) is 17.6. The van der Waals surface area contributed by atoms with E-state index < -0.39 is 18.1 Å². The van der Waals surface area contributed by atoms with Crippen LogP contribution in [0.4, 0.5) is 0 Å². The van der Waals surface area contributed by atoms with Gasteiger partial charge in [-0.15, -0.1) is 0 Å². The summed E-state index contributed by atoms with van der Waals surface area (Å²) in [6.45, 7) is 4.36. The molecule has 0 saturated heterocycles. The molecule has 0 aromatic carbocycles. The first-order valence-electron chi connectivity index (χ1n) is 25.7. The summed E-state index contributed by atoms with van der Waals surface area (Å²) in [4.78, 5) is 37.1. The summed E-state index contributed by atoms with van der Waals surface area (Å²) in [5.74, 6) is -1.82. The number of unbranched alkanes of at least 4 members (excludes halogenated alkanes) is 8. The lowest BCUT2D eigenvalue weighted by molar-refractivity contribution is -0.889. The molecule has 0 aromatic rings. The van der Waals surface area contributed by atoms with Crippen LogP contribution in [-0.4, -0.2) is 75.5 Å². The van der Waals surface area contributed by atoms with Gasteiger partial charge in [-0.1, -0.05) is 173 Å². The first kappa shape index (κ1) is 62.5. The van der Waals surface area contributed by atoms with Crippen LogP contribution in [0.25, 0.3) is 0 Å². The second kappa shape index (κ2) is 47.9. The Morgan fingerprint density at radius 2 is 0.791 bits per heavy atom. The first-order chi connectivity index (χ1) is 32.6. The van der Waals surface area contributed by atoms with E-state index in [1.807, 2.05) is 0 Å². The minimum atomic E-state index is -1.14. The monoisotopic (exact) mass is 928 g/mol. The highest BCUT2D eigenvalue weighted by atomic mass is 16.6. The summed E-state index contributed by atoms with van der Waals surface area (Å²) >= 11 is 0. The van der Waals surface area contributed by atoms with Crippen LogP contribution < -0.4 is 5.11 Å². The van der Waals surface area contributed by atoms with Gasteiger partial charge in [0.2, 0.25) is 0 Å². The molecule has 0 radical (unpaired) electrons. The lowest BCUT2D eigenvalue weighted by Gasteiger charge is -2.34. The molecule has 0 aliphatic carbocycles. The average molecular weight is 928 g/mol. The van der Waals surface area contributed by atoms with Gasteiger partial charge in [0.05, 0.1) is 40.3 Å². The molecule has 0 N–H and O–H groups in total. The Bertz CT molecular complexity index is 1550. The molecular formula is C59H93NO7. The predicted octanol–water partition coefficient (Wildman–Crippen LogP) is 13.8. The topological polar surface area (TPSA) is 102 Å². The molecule has 0 aromatic heterocycles. The lowest BCUT2D eigenvalue weighted by atomic mass is 10.1. The number of carboxylic acid groups (broad SMARTS) is 1. The molecule has 0 amide bonds. The number of carbonyl (C=O) groups excluding carboxylic acids is 3. The summed E-state index contributed by atoms with van der Waals surface area (Å²) in [6.07, 6.45) is 69.1. The van der Waals surface area contributed by atoms with Gasteiger partial charge in [0.15, 0.2) is 6.10 Å². The molecule has 0 saturated carbocycles. The fourth-order valence-corrected chi connectivity index (χ4v) is 6.63. The number of esters is 2. The van der Waals surface area contributed by atoms with Crippen LogP contribution in [0.1, 0.15) is 168 Å². The number of hydrogen-bond donors (Lipinski definition) is 0. The van der Waals surface area contributed by atoms with Crippen molar-refractivity contribution in [3.8, 4) is 0 Å². The van der Waals surface area contributed by atoms with E-state index in [2.05, 4.69) is 148 Å². The van der Waals surface area contributed by atoms with Crippen LogP contribution in [-0.2, 0) is 28.6 Å². The Kier molecular flexibility index (Phi) is 44.7. The van der Waals surface area contributed by atoms with Gasteiger partial charge >= 0.3 is 11.9 Å². The molecule has 8 nitrogen and oxygen atoms in total. The number of carboxylic acids is 1. The molecule has 67 heavy (non-hydrogen) atoms. The zero-order valence-electron chi connectivity index (χ0n) is 42.8. The molecule has 8 heteroatoms. The summed E-state index contributed by atoms with van der Waals surface area (Å²) in [5.41, 5.74) is 0. The van der Waals surface area contributed by atoms with Crippen molar-refractivity contribution >= 4 is 17.9 Å². The summed E-state index contributed by atoms with van der Waals surface area (Å²) in [7, 11) is 5.38. The lowest BCUT2D eigenvalue weighted by Crippen LogP contribution is -2.55. The third kappa shape index (κ3) is 46.4. The average Bonchev–Trinajstić information content (AvgIpc) is 3.29. The van der Waals surface area contributed by atoms with Crippen molar-refractivity contribution in [2.45, 2.75) is 180 Å². The van der Waals surface area contributed by atoms with Crippen LogP contribution in [0.5, 0.6) is 0 Å². The smallest absolute Gasteiger partial charge is 0.306 e. The van der Waals surface area contributed by atoms with Gasteiger partial charge in [0, 0.05) is 19.3 Å². The number of ether oxygens (including phenoxy) is 3. The number of aliphatic carboxylic acids is 1. The number of carbonyl (C=O) groups is 3. The quantitative estimate of drug-likeness (QED) is 0.0259. The highest BCUT2D eigenvalue weighted by Gasteiger charge is 2.25. The first-order valence-corrected chi connectivity index (χ1v) is 25.7. The van der Waals surface area contributed by atoms with E-state index in [9.17, 15) is 19.5 Å². The molecular weight excluding hydrogens is 835 g/mol. The number of quaternary nitrogens is 1. The van der Waals surface area contributed by atoms with Crippen LogP contribution >= 0.6 is 0 Å². The molecule has 0 rings (SSSR count). The van der Waals surface area contributed by atoms with Crippen molar-refractivity contribution in [2.24, 2.45) is 0 Å². The molecule has 0 heterocycles. The molecule has 376 valence electrons. The largest absolute Gasteiger partial charge is 0.544 e. The maximum atomic E-state index is 12.8. The Morgan fingerprint density at radius 1 is 0.448 bits per heavy atom. The van der Waals surface area contributed by atoms with E-state index in [1.165, 1.54) is 0 Å². The van der Waals surface area contributed by atoms with E-state index in [4.69, 9.17) is 14.2 Å². The Balaban J connectivity index is 4.40. The zero-order chi connectivity index (χ0) is 49.2. The fraction of sp³-hybridized carbons (Fsp3) is 0.576. The molecule has 0 spiro atoms. The minimum absolute atomic E-state index is 0.0116. The second-order valence-electron chi connectivity index (χ2n) is 17.6. The van der Waals surface area contributed by atoms with Crippen molar-refractivity contribution in [1.29, 1.82) is 0 Å². The molecule has 2 atom stereocenters. The number of nitrogens with zero attached hydrogens (tertiary/aromatic N) is 1. The summed E-state index contributed by atoms with van der Waals surface area (Å²) in [6, 6.07) is -0.745.